The number of aromatic nitrogens is 1. The highest BCUT2D eigenvalue weighted by Gasteiger charge is 2.08. The maximum atomic E-state index is 11.8. The third-order valence-electron chi connectivity index (χ3n) is 2.70. The standard InChI is InChI=1S/C14H14N2O3S/c1-20(18,19)12-7-5-11(6-8-12)10-16-14(17)13-4-2-3-9-15-13/h2-9H,10H2,1H3,(H,16,17). The van der Waals surface area contributed by atoms with E-state index in [2.05, 4.69) is 10.3 Å². The second kappa shape index (κ2) is 5.83. The first-order chi connectivity index (χ1) is 9.47. The van der Waals surface area contributed by atoms with Crippen LogP contribution in [0.5, 0.6) is 0 Å². The van der Waals surface area contributed by atoms with Crippen molar-refractivity contribution in [1.29, 1.82) is 0 Å². The molecule has 0 spiro atoms. The van der Waals surface area contributed by atoms with E-state index < -0.39 is 9.84 Å². The molecule has 1 aromatic heterocycles. The largest absolute Gasteiger partial charge is 0.347 e. The van der Waals surface area contributed by atoms with E-state index in [0.29, 0.717) is 12.2 Å². The smallest absolute Gasteiger partial charge is 0.270 e. The van der Waals surface area contributed by atoms with Crippen molar-refractivity contribution in [2.45, 2.75) is 11.4 Å². The van der Waals surface area contributed by atoms with Gasteiger partial charge in [0.25, 0.3) is 5.91 Å². The number of hydrogen-bond acceptors (Lipinski definition) is 4. The Morgan fingerprint density at radius 1 is 1.15 bits per heavy atom. The Morgan fingerprint density at radius 2 is 1.85 bits per heavy atom. The van der Waals surface area contributed by atoms with Gasteiger partial charge in [-0.3, -0.25) is 9.78 Å². The summed E-state index contributed by atoms with van der Waals surface area (Å²) in [5.41, 5.74) is 1.17. The molecule has 6 heteroatoms. The topological polar surface area (TPSA) is 76.1 Å². The number of amides is 1. The SMILES string of the molecule is CS(=O)(=O)c1ccc(CNC(=O)c2ccccn2)cc1. The van der Waals surface area contributed by atoms with Crippen LogP contribution in [0.25, 0.3) is 0 Å². The lowest BCUT2D eigenvalue weighted by atomic mass is 10.2. The molecule has 104 valence electrons. The molecule has 0 bridgehead atoms. The minimum absolute atomic E-state index is 0.261. The zero-order chi connectivity index (χ0) is 14.6. The van der Waals surface area contributed by atoms with E-state index in [1.807, 2.05) is 0 Å². The van der Waals surface area contributed by atoms with Crippen LogP contribution >= 0.6 is 0 Å². The van der Waals surface area contributed by atoms with Crippen LogP contribution in [0.15, 0.2) is 53.6 Å². The van der Waals surface area contributed by atoms with E-state index in [1.54, 1.807) is 36.5 Å². The summed E-state index contributed by atoms with van der Waals surface area (Å²) in [6.45, 7) is 0.319. The van der Waals surface area contributed by atoms with Gasteiger partial charge >= 0.3 is 0 Å². The van der Waals surface area contributed by atoms with Crippen LogP contribution in [0.2, 0.25) is 0 Å². The van der Waals surface area contributed by atoms with Crippen LogP contribution in [0, 0.1) is 0 Å². The lowest BCUT2D eigenvalue weighted by Gasteiger charge is -2.05. The lowest BCUT2D eigenvalue weighted by molar-refractivity contribution is 0.0946. The minimum atomic E-state index is -3.19. The van der Waals surface area contributed by atoms with Gasteiger partial charge in [0.05, 0.1) is 4.90 Å². The maximum absolute atomic E-state index is 11.8. The molecule has 2 rings (SSSR count). The average Bonchev–Trinajstić information content (AvgIpc) is 2.45. The number of carbonyl (C=O) groups is 1. The van der Waals surface area contributed by atoms with Crippen LogP contribution in [0.1, 0.15) is 16.1 Å². The third kappa shape index (κ3) is 3.64. The number of pyridine rings is 1. The van der Waals surface area contributed by atoms with Crippen LogP contribution < -0.4 is 5.32 Å². The molecule has 1 amide bonds. The quantitative estimate of drug-likeness (QED) is 0.924. The molecular formula is C14H14N2O3S. The van der Waals surface area contributed by atoms with Gasteiger partial charge in [-0.05, 0) is 29.8 Å². The normalized spacial score (nSPS) is 11.1. The predicted octanol–water partition coefficient (Wildman–Crippen LogP) is 1.42. The lowest BCUT2D eigenvalue weighted by Crippen LogP contribution is -2.23. The number of hydrogen-bond donors (Lipinski definition) is 1. The Labute approximate surface area is 117 Å². The van der Waals surface area contributed by atoms with Gasteiger partial charge in [-0.25, -0.2) is 8.42 Å². The summed E-state index contributed by atoms with van der Waals surface area (Å²) in [6, 6.07) is 11.5. The Kier molecular flexibility index (Phi) is 4.14. The minimum Gasteiger partial charge on any atom is -0.347 e. The molecule has 0 radical (unpaired) electrons. The van der Waals surface area contributed by atoms with Gasteiger partial charge in [0, 0.05) is 19.0 Å². The summed E-state index contributed by atoms with van der Waals surface area (Å²) >= 11 is 0. The van der Waals surface area contributed by atoms with E-state index in [4.69, 9.17) is 0 Å². The van der Waals surface area contributed by atoms with E-state index in [9.17, 15) is 13.2 Å². The maximum Gasteiger partial charge on any atom is 0.270 e. The number of rotatable bonds is 4. The predicted molar refractivity (Wildman–Crippen MR) is 75.0 cm³/mol. The van der Waals surface area contributed by atoms with Crippen LogP contribution in [-0.2, 0) is 16.4 Å². The molecule has 0 saturated carbocycles. The molecule has 20 heavy (non-hydrogen) atoms. The van der Waals surface area contributed by atoms with Gasteiger partial charge in [-0.15, -0.1) is 0 Å². The van der Waals surface area contributed by atoms with Crippen LogP contribution in [-0.4, -0.2) is 25.6 Å². The van der Waals surface area contributed by atoms with Gasteiger partial charge in [-0.1, -0.05) is 18.2 Å². The first-order valence-electron chi connectivity index (χ1n) is 5.95. The summed E-state index contributed by atoms with van der Waals surface area (Å²) < 4.78 is 22.6. The van der Waals surface area contributed by atoms with Crippen molar-refractivity contribution >= 4 is 15.7 Å². The van der Waals surface area contributed by atoms with Crippen molar-refractivity contribution in [2.75, 3.05) is 6.26 Å². The number of carbonyl (C=O) groups excluding carboxylic acids is 1. The zero-order valence-electron chi connectivity index (χ0n) is 10.9. The summed E-state index contributed by atoms with van der Waals surface area (Å²) in [5.74, 6) is -0.266. The van der Waals surface area contributed by atoms with E-state index in [1.165, 1.54) is 12.1 Å². The Balaban J connectivity index is 2.00. The molecule has 0 aliphatic carbocycles. The summed E-state index contributed by atoms with van der Waals surface area (Å²) in [4.78, 5) is 16.0. The van der Waals surface area contributed by atoms with Crippen molar-refractivity contribution < 1.29 is 13.2 Å². The second-order valence-electron chi connectivity index (χ2n) is 4.31. The molecule has 2 aromatic rings. The highest BCUT2D eigenvalue weighted by atomic mass is 32.2. The Hall–Kier alpha value is -2.21. The van der Waals surface area contributed by atoms with Crippen molar-refractivity contribution in [3.05, 3.63) is 59.9 Å². The van der Waals surface area contributed by atoms with Gasteiger partial charge in [0.1, 0.15) is 5.69 Å². The fourth-order valence-corrected chi connectivity index (χ4v) is 2.25. The molecule has 1 heterocycles. The van der Waals surface area contributed by atoms with E-state index >= 15 is 0 Å². The number of nitrogens with one attached hydrogen (secondary N) is 1. The number of sulfone groups is 1. The fraction of sp³-hybridized carbons (Fsp3) is 0.143. The second-order valence-corrected chi connectivity index (χ2v) is 6.33. The van der Waals surface area contributed by atoms with Crippen molar-refractivity contribution in [2.24, 2.45) is 0 Å². The molecule has 0 aliphatic rings. The van der Waals surface area contributed by atoms with Gasteiger partial charge in [0.2, 0.25) is 0 Å². The fourth-order valence-electron chi connectivity index (χ4n) is 1.62. The van der Waals surface area contributed by atoms with Crippen LogP contribution in [0.3, 0.4) is 0 Å². The third-order valence-corrected chi connectivity index (χ3v) is 3.83. The first kappa shape index (κ1) is 14.2. The monoisotopic (exact) mass is 290 g/mol. The summed E-state index contributed by atoms with van der Waals surface area (Å²) in [5, 5.41) is 2.72. The number of benzene rings is 1. The molecule has 0 saturated heterocycles. The molecule has 0 unspecified atom stereocenters. The summed E-state index contributed by atoms with van der Waals surface area (Å²) in [7, 11) is -3.19. The Morgan fingerprint density at radius 3 is 2.40 bits per heavy atom. The molecule has 1 aromatic carbocycles. The van der Waals surface area contributed by atoms with E-state index in [0.717, 1.165) is 11.8 Å². The van der Waals surface area contributed by atoms with E-state index in [-0.39, 0.29) is 10.8 Å². The van der Waals surface area contributed by atoms with Crippen molar-refractivity contribution in [3.8, 4) is 0 Å². The van der Waals surface area contributed by atoms with Gasteiger partial charge < -0.3 is 5.32 Å². The molecular weight excluding hydrogens is 276 g/mol. The molecule has 0 fully saturated rings. The first-order valence-corrected chi connectivity index (χ1v) is 7.84. The number of nitrogens with zero attached hydrogens (tertiary/aromatic N) is 1. The highest BCUT2D eigenvalue weighted by Crippen LogP contribution is 2.10. The average molecular weight is 290 g/mol. The van der Waals surface area contributed by atoms with Gasteiger partial charge in [-0.2, -0.15) is 0 Å². The zero-order valence-corrected chi connectivity index (χ0v) is 11.7. The van der Waals surface area contributed by atoms with Crippen molar-refractivity contribution in [3.63, 3.8) is 0 Å². The Bertz CT molecular complexity index is 695. The molecule has 5 nitrogen and oxygen atoms in total. The molecule has 0 aliphatic heterocycles. The van der Waals surface area contributed by atoms with Crippen LogP contribution in [0.4, 0.5) is 0 Å². The molecule has 1 N–H and O–H groups in total. The molecule has 0 atom stereocenters. The highest BCUT2D eigenvalue weighted by molar-refractivity contribution is 7.90. The summed E-state index contributed by atoms with van der Waals surface area (Å²) in [6.07, 6.45) is 2.71. The van der Waals surface area contributed by atoms with Crippen molar-refractivity contribution in [1.82, 2.24) is 10.3 Å². The van der Waals surface area contributed by atoms with Gasteiger partial charge in [0.15, 0.2) is 9.84 Å².